The fourth-order valence-electron chi connectivity index (χ4n) is 4.59. The predicted octanol–water partition coefficient (Wildman–Crippen LogP) is 6.60. The Morgan fingerprint density at radius 2 is 1.81 bits per heavy atom. The van der Waals surface area contributed by atoms with Crippen molar-refractivity contribution in [3.05, 3.63) is 85.9 Å². The zero-order valence-electron chi connectivity index (χ0n) is 20.7. The molecule has 0 aliphatic rings. The van der Waals surface area contributed by atoms with E-state index in [4.69, 9.17) is 0 Å². The van der Waals surface area contributed by atoms with E-state index in [0.717, 1.165) is 67.9 Å². The molecular weight excluding hydrogens is 460 g/mol. The molecule has 0 aliphatic carbocycles. The van der Waals surface area contributed by atoms with Crippen LogP contribution in [-0.2, 0) is 0 Å². The highest BCUT2D eigenvalue weighted by molar-refractivity contribution is 6.00. The normalized spacial score (nSPS) is 11.4. The fraction of sp³-hybridized carbons (Fsp3) is 0.138. The van der Waals surface area contributed by atoms with Gasteiger partial charge in [-0.1, -0.05) is 26.5 Å². The highest BCUT2D eigenvalue weighted by Gasteiger charge is 2.15. The standard InChI is InChI=1S/C29H26N8/c1-17(2)8-18(3)34-21-9-19(12-30-14-21)20-10-23-28(36-37-29(23)33-13-20)26-11-22-24(15-31-16-27(22)35-26)25-6-4-5-7-32-25/h4-7,9-17,34-35H,3,8H2,1-2H3,(H,33,36,37). The molecule has 6 heterocycles. The Kier molecular flexibility index (Phi) is 5.69. The molecule has 6 rings (SSSR count). The molecule has 0 bridgehead atoms. The smallest absolute Gasteiger partial charge is 0.181 e. The number of fused-ring (bicyclic) bond motifs is 2. The summed E-state index contributed by atoms with van der Waals surface area (Å²) >= 11 is 0. The van der Waals surface area contributed by atoms with Gasteiger partial charge in [0.25, 0.3) is 0 Å². The first-order valence-electron chi connectivity index (χ1n) is 12.2. The first-order valence-corrected chi connectivity index (χ1v) is 12.2. The molecule has 0 unspecified atom stereocenters. The summed E-state index contributed by atoms with van der Waals surface area (Å²) in [5.41, 5.74) is 8.97. The van der Waals surface area contributed by atoms with Crippen molar-refractivity contribution in [2.24, 2.45) is 5.92 Å². The van der Waals surface area contributed by atoms with E-state index < -0.39 is 0 Å². The van der Waals surface area contributed by atoms with Crippen molar-refractivity contribution < 1.29 is 0 Å². The van der Waals surface area contributed by atoms with Gasteiger partial charge in [0.05, 0.1) is 40.7 Å². The Hall–Kier alpha value is -4.85. The number of rotatable bonds is 7. The van der Waals surface area contributed by atoms with Crippen molar-refractivity contribution in [1.82, 2.24) is 35.1 Å². The van der Waals surface area contributed by atoms with Gasteiger partial charge in [-0.15, -0.1) is 0 Å². The average molecular weight is 487 g/mol. The van der Waals surface area contributed by atoms with Gasteiger partial charge in [-0.25, -0.2) is 4.98 Å². The number of aromatic nitrogens is 7. The number of nitrogens with one attached hydrogen (secondary N) is 3. The van der Waals surface area contributed by atoms with Crippen molar-refractivity contribution >= 4 is 27.6 Å². The monoisotopic (exact) mass is 486 g/mol. The summed E-state index contributed by atoms with van der Waals surface area (Å²) in [5.74, 6) is 0.530. The lowest BCUT2D eigenvalue weighted by molar-refractivity contribution is 0.645. The van der Waals surface area contributed by atoms with Gasteiger partial charge in [-0.05, 0) is 42.7 Å². The van der Waals surface area contributed by atoms with Crippen LogP contribution in [-0.4, -0.2) is 35.1 Å². The summed E-state index contributed by atoms with van der Waals surface area (Å²) in [6, 6.07) is 12.1. The molecule has 182 valence electrons. The molecule has 0 saturated heterocycles. The molecule has 0 saturated carbocycles. The highest BCUT2D eigenvalue weighted by atomic mass is 15.2. The van der Waals surface area contributed by atoms with Crippen LogP contribution in [0.5, 0.6) is 0 Å². The van der Waals surface area contributed by atoms with E-state index in [-0.39, 0.29) is 0 Å². The van der Waals surface area contributed by atoms with Gasteiger partial charge in [0.1, 0.15) is 0 Å². The van der Waals surface area contributed by atoms with Crippen LogP contribution in [0, 0.1) is 5.92 Å². The van der Waals surface area contributed by atoms with Crippen molar-refractivity contribution in [2.45, 2.75) is 20.3 Å². The van der Waals surface area contributed by atoms with Crippen LogP contribution in [0.25, 0.3) is 55.7 Å². The number of allylic oxidation sites excluding steroid dienone is 1. The first-order chi connectivity index (χ1) is 18.0. The van der Waals surface area contributed by atoms with Gasteiger partial charge in [0.2, 0.25) is 0 Å². The highest BCUT2D eigenvalue weighted by Crippen LogP contribution is 2.34. The van der Waals surface area contributed by atoms with E-state index >= 15 is 0 Å². The summed E-state index contributed by atoms with van der Waals surface area (Å²) in [5, 5.41) is 12.9. The second-order valence-electron chi connectivity index (χ2n) is 9.53. The number of H-pyrrole nitrogens is 2. The van der Waals surface area contributed by atoms with Gasteiger partial charge in [0, 0.05) is 57.9 Å². The lowest BCUT2D eigenvalue weighted by atomic mass is 10.1. The lowest BCUT2D eigenvalue weighted by Crippen LogP contribution is -2.02. The summed E-state index contributed by atoms with van der Waals surface area (Å²) in [4.78, 5) is 21.4. The molecule has 8 nitrogen and oxygen atoms in total. The zero-order chi connectivity index (χ0) is 25.4. The van der Waals surface area contributed by atoms with Gasteiger partial charge < -0.3 is 10.3 Å². The maximum absolute atomic E-state index is 4.61. The van der Waals surface area contributed by atoms with Crippen LogP contribution in [0.2, 0.25) is 0 Å². The Bertz CT molecular complexity index is 1730. The second kappa shape index (κ2) is 9.31. The van der Waals surface area contributed by atoms with E-state index in [1.54, 1.807) is 6.20 Å². The van der Waals surface area contributed by atoms with Gasteiger partial charge in [-0.2, -0.15) is 5.10 Å². The maximum atomic E-state index is 4.61. The number of anilines is 1. The maximum Gasteiger partial charge on any atom is 0.181 e. The summed E-state index contributed by atoms with van der Waals surface area (Å²) in [6.07, 6.45) is 11.8. The molecule has 37 heavy (non-hydrogen) atoms. The molecule has 3 N–H and O–H groups in total. The third-order valence-corrected chi connectivity index (χ3v) is 6.21. The van der Waals surface area contributed by atoms with Crippen LogP contribution < -0.4 is 5.32 Å². The Balaban J connectivity index is 1.38. The van der Waals surface area contributed by atoms with Crippen molar-refractivity contribution in [3.63, 3.8) is 0 Å². The minimum absolute atomic E-state index is 0.530. The summed E-state index contributed by atoms with van der Waals surface area (Å²) in [7, 11) is 0. The van der Waals surface area contributed by atoms with Gasteiger partial charge in [-0.3, -0.25) is 20.1 Å². The summed E-state index contributed by atoms with van der Waals surface area (Å²) < 4.78 is 0. The molecule has 0 spiro atoms. The average Bonchev–Trinajstić information content (AvgIpc) is 3.52. The lowest BCUT2D eigenvalue weighted by Gasteiger charge is -2.12. The number of nitrogens with zero attached hydrogens (tertiary/aromatic N) is 5. The zero-order valence-corrected chi connectivity index (χ0v) is 20.7. The topological polar surface area (TPSA) is 108 Å². The van der Waals surface area contributed by atoms with Gasteiger partial charge >= 0.3 is 0 Å². The quantitative estimate of drug-likeness (QED) is 0.235. The molecule has 0 aromatic carbocycles. The number of hydrogen-bond donors (Lipinski definition) is 3. The Labute approximate surface area is 214 Å². The van der Waals surface area contributed by atoms with E-state index in [2.05, 4.69) is 79.1 Å². The minimum atomic E-state index is 0.530. The van der Waals surface area contributed by atoms with Gasteiger partial charge in [0.15, 0.2) is 5.65 Å². The molecular formula is C29H26N8. The molecule has 0 fully saturated rings. The van der Waals surface area contributed by atoms with Crippen molar-refractivity contribution in [2.75, 3.05) is 5.32 Å². The van der Waals surface area contributed by atoms with E-state index in [9.17, 15) is 0 Å². The van der Waals surface area contributed by atoms with Crippen LogP contribution in [0.15, 0.2) is 85.9 Å². The number of pyridine rings is 4. The minimum Gasteiger partial charge on any atom is -0.358 e. The molecule has 8 heteroatoms. The second-order valence-corrected chi connectivity index (χ2v) is 9.53. The molecule has 6 aromatic heterocycles. The number of hydrogen-bond acceptors (Lipinski definition) is 6. The number of aromatic amines is 2. The van der Waals surface area contributed by atoms with E-state index in [0.29, 0.717) is 11.6 Å². The molecule has 0 atom stereocenters. The van der Waals surface area contributed by atoms with Crippen LogP contribution in [0.1, 0.15) is 20.3 Å². The molecule has 0 aliphatic heterocycles. The van der Waals surface area contributed by atoms with E-state index in [1.807, 2.05) is 49.2 Å². The Morgan fingerprint density at radius 1 is 0.946 bits per heavy atom. The molecule has 0 amide bonds. The molecule has 6 aromatic rings. The van der Waals surface area contributed by atoms with Crippen molar-refractivity contribution in [3.8, 4) is 33.8 Å². The van der Waals surface area contributed by atoms with Crippen LogP contribution >= 0.6 is 0 Å². The Morgan fingerprint density at radius 3 is 2.65 bits per heavy atom. The third kappa shape index (κ3) is 4.45. The SMILES string of the molecule is C=C(CC(C)C)Nc1cncc(-c2cnc3n[nH]c(-c4cc5c(-c6ccccn6)cncc5[nH]4)c3c2)c1. The summed E-state index contributed by atoms with van der Waals surface area (Å²) in [6.45, 7) is 8.49. The first kappa shape index (κ1) is 22.6. The largest absolute Gasteiger partial charge is 0.358 e. The van der Waals surface area contributed by atoms with Crippen molar-refractivity contribution in [1.29, 1.82) is 0 Å². The van der Waals surface area contributed by atoms with Crippen LogP contribution in [0.3, 0.4) is 0 Å². The van der Waals surface area contributed by atoms with E-state index in [1.165, 1.54) is 0 Å². The molecule has 0 radical (unpaired) electrons. The predicted molar refractivity (Wildman–Crippen MR) is 148 cm³/mol. The van der Waals surface area contributed by atoms with Crippen LogP contribution in [0.4, 0.5) is 5.69 Å². The third-order valence-electron chi connectivity index (χ3n) is 6.21. The fourth-order valence-corrected chi connectivity index (χ4v) is 4.59.